The molecule has 0 saturated heterocycles. The van der Waals surface area contributed by atoms with Gasteiger partial charge in [0.15, 0.2) is 17.5 Å². The van der Waals surface area contributed by atoms with Crippen molar-refractivity contribution in [1.29, 1.82) is 0 Å². The monoisotopic (exact) mass is 694 g/mol. The van der Waals surface area contributed by atoms with E-state index < -0.39 is 0 Å². The molecule has 0 radical (unpaired) electrons. The topological polar surface area (TPSA) is 51.6 Å². The van der Waals surface area contributed by atoms with Gasteiger partial charge in [-0.15, -0.1) is 11.3 Å². The fourth-order valence-electron chi connectivity index (χ4n) is 7.05. The Labute approximate surface area is 310 Å². The van der Waals surface area contributed by atoms with Gasteiger partial charge < -0.3 is 0 Å². The summed E-state index contributed by atoms with van der Waals surface area (Å²) in [7, 11) is 0. The van der Waals surface area contributed by atoms with Crippen LogP contribution in [-0.2, 0) is 0 Å². The largest absolute Gasteiger partial charge is 0.247 e. The summed E-state index contributed by atoms with van der Waals surface area (Å²) < 4.78 is 2.50. The molecule has 10 aromatic rings. The van der Waals surface area contributed by atoms with Gasteiger partial charge >= 0.3 is 0 Å². The zero-order valence-electron chi connectivity index (χ0n) is 28.5. The minimum Gasteiger partial charge on any atom is -0.247 e. The van der Waals surface area contributed by atoms with E-state index in [9.17, 15) is 0 Å². The standard InChI is InChI=1S/C48H30N4S/c1-4-12-31(13-5-1)33-20-24-36(25-21-33)47-50-46(35-16-8-3-9-17-35)51-48(52-47)37-26-22-34(23-27-37)44-43-39-18-10-11-19-42(39)53-45(43)40-30-38(28-29-41(40)49-44)32-14-6-2-7-15-32/h1-30H. The molecular formula is C48H30N4S. The van der Waals surface area contributed by atoms with Crippen molar-refractivity contribution in [3.8, 4) is 67.7 Å². The lowest BCUT2D eigenvalue weighted by Gasteiger charge is -2.11. The number of hydrogen-bond acceptors (Lipinski definition) is 5. The Morgan fingerprint density at radius 2 is 0.755 bits per heavy atom. The highest BCUT2D eigenvalue weighted by Crippen LogP contribution is 2.43. The maximum absolute atomic E-state index is 5.34. The first-order valence-electron chi connectivity index (χ1n) is 17.6. The molecule has 0 N–H and O–H groups in total. The Balaban J connectivity index is 1.08. The maximum Gasteiger partial charge on any atom is 0.164 e. The van der Waals surface area contributed by atoms with Gasteiger partial charge in [-0.25, -0.2) is 19.9 Å². The van der Waals surface area contributed by atoms with Crippen LogP contribution in [0.15, 0.2) is 182 Å². The van der Waals surface area contributed by atoms with Crippen LogP contribution < -0.4 is 0 Å². The zero-order valence-corrected chi connectivity index (χ0v) is 29.3. The quantitative estimate of drug-likeness (QED) is 0.174. The van der Waals surface area contributed by atoms with Gasteiger partial charge in [0.05, 0.1) is 11.2 Å². The van der Waals surface area contributed by atoms with Crippen LogP contribution in [0.4, 0.5) is 0 Å². The highest BCUT2D eigenvalue weighted by molar-refractivity contribution is 7.26. The number of thiophene rings is 1. The number of hydrogen-bond donors (Lipinski definition) is 0. The molecule has 5 heteroatoms. The number of fused-ring (bicyclic) bond motifs is 5. The van der Waals surface area contributed by atoms with Crippen LogP contribution in [0.5, 0.6) is 0 Å². The molecule has 0 saturated carbocycles. The normalized spacial score (nSPS) is 11.4. The second kappa shape index (κ2) is 13.1. The predicted octanol–water partition coefficient (Wildman–Crippen LogP) is 12.8. The molecule has 0 unspecified atom stereocenters. The fourth-order valence-corrected chi connectivity index (χ4v) is 8.28. The average Bonchev–Trinajstić information content (AvgIpc) is 3.64. The number of nitrogens with zero attached hydrogens (tertiary/aromatic N) is 4. The summed E-state index contributed by atoms with van der Waals surface area (Å²) in [5.41, 5.74) is 10.5. The Morgan fingerprint density at radius 3 is 1.36 bits per heavy atom. The van der Waals surface area contributed by atoms with E-state index >= 15 is 0 Å². The Kier molecular flexibility index (Phi) is 7.63. The van der Waals surface area contributed by atoms with Gasteiger partial charge in [0.2, 0.25) is 0 Å². The molecule has 0 spiro atoms. The lowest BCUT2D eigenvalue weighted by molar-refractivity contribution is 1.07. The van der Waals surface area contributed by atoms with Crippen molar-refractivity contribution in [1.82, 2.24) is 19.9 Å². The van der Waals surface area contributed by atoms with Crippen LogP contribution in [-0.4, -0.2) is 19.9 Å². The van der Waals surface area contributed by atoms with Crippen LogP contribution >= 0.6 is 11.3 Å². The van der Waals surface area contributed by atoms with Crippen molar-refractivity contribution in [2.24, 2.45) is 0 Å². The molecule has 53 heavy (non-hydrogen) atoms. The van der Waals surface area contributed by atoms with Gasteiger partial charge in [-0.2, -0.15) is 0 Å². The first-order valence-corrected chi connectivity index (χ1v) is 18.5. The van der Waals surface area contributed by atoms with E-state index in [4.69, 9.17) is 19.9 Å². The van der Waals surface area contributed by atoms with Gasteiger partial charge in [-0.05, 0) is 40.5 Å². The van der Waals surface area contributed by atoms with Crippen LogP contribution in [0, 0.1) is 0 Å². The summed E-state index contributed by atoms with van der Waals surface area (Å²) in [6.45, 7) is 0. The molecule has 0 fully saturated rings. The van der Waals surface area contributed by atoms with E-state index in [0.717, 1.165) is 39.0 Å². The molecule has 0 aliphatic rings. The first-order chi connectivity index (χ1) is 26.2. The molecule has 248 valence electrons. The van der Waals surface area contributed by atoms with E-state index in [1.54, 1.807) is 0 Å². The summed E-state index contributed by atoms with van der Waals surface area (Å²) in [5, 5.41) is 3.58. The molecule has 0 aliphatic carbocycles. The molecule has 3 aromatic heterocycles. The lowest BCUT2D eigenvalue weighted by atomic mass is 9.99. The number of benzene rings is 7. The number of aromatic nitrogens is 4. The number of rotatable bonds is 6. The third-order valence-corrected chi connectivity index (χ3v) is 11.0. The van der Waals surface area contributed by atoms with E-state index in [1.165, 1.54) is 42.2 Å². The van der Waals surface area contributed by atoms with Crippen molar-refractivity contribution in [2.75, 3.05) is 0 Å². The predicted molar refractivity (Wildman–Crippen MR) is 221 cm³/mol. The maximum atomic E-state index is 5.34. The molecule has 3 heterocycles. The third-order valence-electron chi connectivity index (χ3n) is 9.75. The highest BCUT2D eigenvalue weighted by atomic mass is 32.1. The molecule has 7 aromatic carbocycles. The Morgan fingerprint density at radius 1 is 0.321 bits per heavy atom. The first kappa shape index (κ1) is 31.0. The molecule has 10 rings (SSSR count). The number of pyridine rings is 1. The molecule has 4 nitrogen and oxygen atoms in total. The van der Waals surface area contributed by atoms with Crippen molar-refractivity contribution in [2.45, 2.75) is 0 Å². The van der Waals surface area contributed by atoms with E-state index in [1.807, 2.05) is 47.7 Å². The summed E-state index contributed by atoms with van der Waals surface area (Å²) in [6.07, 6.45) is 0. The SMILES string of the molecule is c1ccc(-c2ccc(-c3nc(-c4ccccc4)nc(-c4ccc(-c5nc6ccc(-c7ccccc7)cc6c6sc7ccccc7c56)cc4)n3)cc2)cc1. The highest BCUT2D eigenvalue weighted by Gasteiger charge is 2.18. The molecule has 0 amide bonds. The Hall–Kier alpha value is -6.82. The van der Waals surface area contributed by atoms with Crippen molar-refractivity contribution in [3.63, 3.8) is 0 Å². The van der Waals surface area contributed by atoms with Crippen LogP contribution in [0.1, 0.15) is 0 Å². The Bertz CT molecular complexity index is 2900. The van der Waals surface area contributed by atoms with E-state index in [0.29, 0.717) is 17.5 Å². The second-order valence-electron chi connectivity index (χ2n) is 13.1. The molecule has 0 bridgehead atoms. The summed E-state index contributed by atoms with van der Waals surface area (Å²) >= 11 is 1.84. The van der Waals surface area contributed by atoms with Gasteiger partial charge in [0.1, 0.15) is 0 Å². The summed E-state index contributed by atoms with van der Waals surface area (Å²) in [6, 6.07) is 63.2. The van der Waals surface area contributed by atoms with Crippen LogP contribution in [0.25, 0.3) is 98.7 Å². The minimum atomic E-state index is 0.624. The lowest BCUT2D eigenvalue weighted by Crippen LogP contribution is -2.00. The third kappa shape index (κ3) is 5.74. The van der Waals surface area contributed by atoms with Crippen molar-refractivity contribution < 1.29 is 0 Å². The van der Waals surface area contributed by atoms with Crippen molar-refractivity contribution in [3.05, 3.63) is 182 Å². The summed E-state index contributed by atoms with van der Waals surface area (Å²) in [4.78, 5) is 20.3. The minimum absolute atomic E-state index is 0.624. The van der Waals surface area contributed by atoms with Crippen LogP contribution in [0.2, 0.25) is 0 Å². The second-order valence-corrected chi connectivity index (χ2v) is 14.1. The van der Waals surface area contributed by atoms with Gasteiger partial charge in [0, 0.05) is 47.8 Å². The van der Waals surface area contributed by atoms with E-state index in [2.05, 4.69) is 146 Å². The van der Waals surface area contributed by atoms with Crippen molar-refractivity contribution >= 4 is 42.4 Å². The average molecular weight is 695 g/mol. The van der Waals surface area contributed by atoms with Gasteiger partial charge in [0.25, 0.3) is 0 Å². The smallest absolute Gasteiger partial charge is 0.164 e. The summed E-state index contributed by atoms with van der Waals surface area (Å²) in [5.74, 6) is 1.90. The van der Waals surface area contributed by atoms with Gasteiger partial charge in [-0.3, -0.25) is 0 Å². The van der Waals surface area contributed by atoms with E-state index in [-0.39, 0.29) is 0 Å². The van der Waals surface area contributed by atoms with Gasteiger partial charge in [-0.1, -0.05) is 164 Å². The molecule has 0 atom stereocenters. The van der Waals surface area contributed by atoms with Crippen LogP contribution in [0.3, 0.4) is 0 Å². The molecule has 0 aliphatic heterocycles. The zero-order chi connectivity index (χ0) is 35.1. The fraction of sp³-hybridized carbons (Fsp3) is 0. The molecular weight excluding hydrogens is 665 g/mol.